The van der Waals surface area contributed by atoms with E-state index in [9.17, 15) is 14.7 Å². The highest BCUT2D eigenvalue weighted by Crippen LogP contribution is 2.36. The van der Waals surface area contributed by atoms with Crippen LogP contribution in [0.15, 0.2) is 24.3 Å². The molecule has 1 heterocycles. The first-order chi connectivity index (χ1) is 13.1. The second kappa shape index (κ2) is 8.01. The van der Waals surface area contributed by atoms with Crippen LogP contribution in [0.4, 0.5) is 5.69 Å². The zero-order chi connectivity index (χ0) is 18.8. The SMILES string of the molecule is O=C(NC1CCC(O)CC1)[C@H]1CCCC[C@H]1C(=O)N1CCc2ccccc21. The highest BCUT2D eigenvalue weighted by atomic mass is 16.3. The Kier molecular flexibility index (Phi) is 5.48. The number of nitrogens with one attached hydrogen (secondary N) is 1. The van der Waals surface area contributed by atoms with Crippen molar-refractivity contribution in [1.82, 2.24) is 5.32 Å². The summed E-state index contributed by atoms with van der Waals surface area (Å²) < 4.78 is 0. The lowest BCUT2D eigenvalue weighted by Gasteiger charge is -2.34. The molecule has 1 aliphatic heterocycles. The van der Waals surface area contributed by atoms with E-state index in [1.807, 2.05) is 23.1 Å². The molecule has 4 rings (SSSR count). The molecule has 5 nitrogen and oxygen atoms in total. The van der Waals surface area contributed by atoms with Gasteiger partial charge in [0.05, 0.1) is 12.0 Å². The van der Waals surface area contributed by atoms with Crippen molar-refractivity contribution in [3.63, 3.8) is 0 Å². The number of amides is 2. The van der Waals surface area contributed by atoms with Crippen molar-refractivity contribution in [2.75, 3.05) is 11.4 Å². The van der Waals surface area contributed by atoms with Crippen molar-refractivity contribution >= 4 is 17.5 Å². The Morgan fingerprint density at radius 2 is 1.67 bits per heavy atom. The molecule has 0 spiro atoms. The van der Waals surface area contributed by atoms with Crippen LogP contribution < -0.4 is 10.2 Å². The van der Waals surface area contributed by atoms with Crippen LogP contribution in [0, 0.1) is 11.8 Å². The molecule has 1 aromatic carbocycles. The van der Waals surface area contributed by atoms with Gasteiger partial charge in [-0.1, -0.05) is 31.0 Å². The Balaban J connectivity index is 1.44. The fraction of sp³-hybridized carbons (Fsp3) is 0.636. The standard InChI is InChI=1S/C22H30N2O3/c25-17-11-9-16(10-12-17)23-21(26)18-6-2-3-7-19(18)22(27)24-14-13-15-5-1-4-8-20(15)24/h1,4-5,8,16-19,25H,2-3,6-7,9-14H2,(H,23,26)/t16?,17?,18-,19+/m0/s1. The van der Waals surface area contributed by atoms with Gasteiger partial charge in [-0.2, -0.15) is 0 Å². The second-order valence-electron chi connectivity index (χ2n) is 8.38. The van der Waals surface area contributed by atoms with Crippen molar-refractivity contribution in [2.24, 2.45) is 11.8 Å². The molecule has 2 atom stereocenters. The Bertz CT molecular complexity index is 697. The minimum atomic E-state index is -0.225. The monoisotopic (exact) mass is 370 g/mol. The van der Waals surface area contributed by atoms with Gasteiger partial charge in [0.1, 0.15) is 0 Å². The van der Waals surface area contributed by atoms with Crippen LogP contribution in [-0.4, -0.2) is 35.6 Å². The van der Waals surface area contributed by atoms with E-state index in [-0.39, 0.29) is 35.8 Å². The molecule has 2 fully saturated rings. The molecule has 146 valence electrons. The Labute approximate surface area is 161 Å². The van der Waals surface area contributed by atoms with E-state index in [0.717, 1.165) is 70.0 Å². The highest BCUT2D eigenvalue weighted by Gasteiger charge is 2.40. The van der Waals surface area contributed by atoms with Crippen molar-refractivity contribution in [3.05, 3.63) is 29.8 Å². The average Bonchev–Trinajstić information content (AvgIpc) is 3.13. The highest BCUT2D eigenvalue weighted by molar-refractivity contribution is 5.99. The number of nitrogens with zero attached hydrogens (tertiary/aromatic N) is 1. The molecule has 0 unspecified atom stereocenters. The third kappa shape index (κ3) is 3.88. The molecule has 5 heteroatoms. The van der Waals surface area contributed by atoms with Crippen LogP contribution in [0.5, 0.6) is 0 Å². The number of aliphatic hydroxyl groups excluding tert-OH is 1. The van der Waals surface area contributed by atoms with E-state index in [2.05, 4.69) is 11.4 Å². The van der Waals surface area contributed by atoms with Crippen molar-refractivity contribution in [2.45, 2.75) is 69.9 Å². The Morgan fingerprint density at radius 1 is 0.963 bits per heavy atom. The number of anilines is 1. The van der Waals surface area contributed by atoms with Gasteiger partial charge in [-0.3, -0.25) is 9.59 Å². The molecule has 0 bridgehead atoms. The normalized spacial score (nSPS) is 30.6. The lowest BCUT2D eigenvalue weighted by atomic mass is 9.77. The van der Waals surface area contributed by atoms with Gasteiger partial charge in [0, 0.05) is 24.2 Å². The number of rotatable bonds is 3. The summed E-state index contributed by atoms with van der Waals surface area (Å²) in [6.45, 7) is 0.726. The first-order valence-corrected chi connectivity index (χ1v) is 10.5. The van der Waals surface area contributed by atoms with E-state index in [1.165, 1.54) is 5.56 Å². The lowest BCUT2D eigenvalue weighted by Crippen LogP contribution is -2.48. The molecule has 0 aromatic heterocycles. The molecule has 2 aliphatic carbocycles. The Hall–Kier alpha value is -1.88. The van der Waals surface area contributed by atoms with Gasteiger partial charge in [0.15, 0.2) is 0 Å². The van der Waals surface area contributed by atoms with E-state index in [1.54, 1.807) is 0 Å². The zero-order valence-electron chi connectivity index (χ0n) is 15.9. The molecule has 3 aliphatic rings. The summed E-state index contributed by atoms with van der Waals surface area (Å²) in [4.78, 5) is 28.2. The molecular weight excluding hydrogens is 340 g/mol. The summed E-state index contributed by atoms with van der Waals surface area (Å²) in [6, 6.07) is 8.25. The van der Waals surface area contributed by atoms with Gasteiger partial charge < -0.3 is 15.3 Å². The van der Waals surface area contributed by atoms with Crippen LogP contribution in [0.3, 0.4) is 0 Å². The van der Waals surface area contributed by atoms with Crippen LogP contribution in [0.25, 0.3) is 0 Å². The van der Waals surface area contributed by atoms with Crippen molar-refractivity contribution < 1.29 is 14.7 Å². The number of hydrogen-bond acceptors (Lipinski definition) is 3. The van der Waals surface area contributed by atoms with Gasteiger partial charge in [-0.25, -0.2) is 0 Å². The summed E-state index contributed by atoms with van der Waals surface area (Å²) in [5.41, 5.74) is 2.25. The van der Waals surface area contributed by atoms with Gasteiger partial charge in [-0.05, 0) is 56.6 Å². The third-order valence-electron chi connectivity index (χ3n) is 6.62. The number of benzene rings is 1. The smallest absolute Gasteiger partial charge is 0.230 e. The van der Waals surface area contributed by atoms with E-state index in [0.29, 0.717) is 0 Å². The first kappa shape index (κ1) is 18.5. The second-order valence-corrected chi connectivity index (χ2v) is 8.38. The van der Waals surface area contributed by atoms with Crippen molar-refractivity contribution in [1.29, 1.82) is 0 Å². The molecule has 2 amide bonds. The van der Waals surface area contributed by atoms with E-state index < -0.39 is 0 Å². The fourth-order valence-electron chi connectivity index (χ4n) is 5.04. The summed E-state index contributed by atoms with van der Waals surface area (Å²) in [5.74, 6) is -0.259. The van der Waals surface area contributed by atoms with Crippen LogP contribution in [-0.2, 0) is 16.0 Å². The summed E-state index contributed by atoms with van der Waals surface area (Å²) in [5, 5.41) is 12.8. The maximum Gasteiger partial charge on any atom is 0.230 e. The predicted octanol–water partition coefficient (Wildman–Crippen LogP) is 2.80. The van der Waals surface area contributed by atoms with E-state index in [4.69, 9.17) is 0 Å². The summed E-state index contributed by atoms with van der Waals surface area (Å²) in [7, 11) is 0. The molecular formula is C22H30N2O3. The number of fused-ring (bicyclic) bond motifs is 1. The Morgan fingerprint density at radius 3 is 2.44 bits per heavy atom. The number of aliphatic hydroxyl groups is 1. The van der Waals surface area contributed by atoms with Crippen LogP contribution in [0.1, 0.15) is 56.9 Å². The number of para-hydroxylation sites is 1. The van der Waals surface area contributed by atoms with Gasteiger partial charge in [-0.15, -0.1) is 0 Å². The lowest BCUT2D eigenvalue weighted by molar-refractivity contribution is -0.135. The van der Waals surface area contributed by atoms with Gasteiger partial charge >= 0.3 is 0 Å². The maximum absolute atomic E-state index is 13.3. The van der Waals surface area contributed by atoms with Crippen molar-refractivity contribution in [3.8, 4) is 0 Å². The number of carbonyl (C=O) groups excluding carboxylic acids is 2. The molecule has 27 heavy (non-hydrogen) atoms. The molecule has 2 saturated carbocycles. The summed E-state index contributed by atoms with van der Waals surface area (Å²) in [6.07, 6.45) is 7.48. The van der Waals surface area contributed by atoms with Gasteiger partial charge in [0.25, 0.3) is 0 Å². The third-order valence-corrected chi connectivity index (χ3v) is 6.62. The minimum absolute atomic E-state index is 0.0434. The topological polar surface area (TPSA) is 69.6 Å². The largest absolute Gasteiger partial charge is 0.393 e. The van der Waals surface area contributed by atoms with Gasteiger partial charge in [0.2, 0.25) is 11.8 Å². The first-order valence-electron chi connectivity index (χ1n) is 10.5. The van der Waals surface area contributed by atoms with Crippen LogP contribution >= 0.6 is 0 Å². The quantitative estimate of drug-likeness (QED) is 0.860. The number of hydrogen-bond donors (Lipinski definition) is 2. The minimum Gasteiger partial charge on any atom is -0.393 e. The molecule has 1 aromatic rings. The summed E-state index contributed by atoms with van der Waals surface area (Å²) >= 11 is 0. The molecule has 0 radical (unpaired) electrons. The molecule has 2 N–H and O–H groups in total. The fourth-order valence-corrected chi connectivity index (χ4v) is 5.04. The number of carbonyl (C=O) groups is 2. The predicted molar refractivity (Wildman–Crippen MR) is 104 cm³/mol. The maximum atomic E-state index is 13.3. The average molecular weight is 370 g/mol. The zero-order valence-corrected chi connectivity index (χ0v) is 15.9. The molecule has 0 saturated heterocycles. The van der Waals surface area contributed by atoms with Crippen LogP contribution in [0.2, 0.25) is 0 Å². The van der Waals surface area contributed by atoms with E-state index >= 15 is 0 Å².